The molecule has 0 saturated carbocycles. The Labute approximate surface area is 175 Å². The Morgan fingerprint density at radius 2 is 2.04 bits per heavy atom. The number of thioether (sulfide) groups is 1. The van der Waals surface area contributed by atoms with Crippen LogP contribution in [0.2, 0.25) is 5.02 Å². The number of nitrogens with zero attached hydrogens (tertiary/aromatic N) is 3. The van der Waals surface area contributed by atoms with Gasteiger partial charge in [-0.25, -0.2) is 0 Å². The van der Waals surface area contributed by atoms with Crippen molar-refractivity contribution in [2.75, 3.05) is 31.1 Å². The van der Waals surface area contributed by atoms with Crippen molar-refractivity contribution in [3.8, 4) is 5.75 Å². The van der Waals surface area contributed by atoms with E-state index < -0.39 is 0 Å². The van der Waals surface area contributed by atoms with Crippen LogP contribution in [0.4, 0.5) is 5.69 Å². The smallest absolute Gasteiger partial charge is 0.265 e. The third-order valence-electron chi connectivity index (χ3n) is 5.35. The van der Waals surface area contributed by atoms with Crippen LogP contribution in [0.15, 0.2) is 22.5 Å². The molecule has 0 N–H and O–H groups in total. The molecule has 3 aliphatic heterocycles. The first-order valence-corrected chi connectivity index (χ1v) is 11.4. The number of halogens is 1. The molecule has 7 heteroatoms. The number of amides is 1. The molecule has 3 heterocycles. The van der Waals surface area contributed by atoms with E-state index >= 15 is 0 Å². The fourth-order valence-corrected chi connectivity index (χ4v) is 5.06. The molecular weight excluding hydrogens is 394 g/mol. The maximum Gasteiger partial charge on any atom is 0.265 e. The zero-order valence-corrected chi connectivity index (χ0v) is 17.8. The zero-order valence-electron chi connectivity index (χ0n) is 16.2. The molecule has 0 bridgehead atoms. The fraction of sp³-hybridized carbons (Fsp3) is 0.524. The summed E-state index contributed by atoms with van der Waals surface area (Å²) in [7, 11) is 0. The van der Waals surface area contributed by atoms with Gasteiger partial charge in [0.05, 0.1) is 17.9 Å². The lowest BCUT2D eigenvalue weighted by molar-refractivity contribution is -0.121. The Morgan fingerprint density at radius 3 is 2.89 bits per heavy atom. The van der Waals surface area contributed by atoms with Crippen molar-refractivity contribution >= 4 is 45.8 Å². The minimum atomic E-state index is 0.00692. The van der Waals surface area contributed by atoms with E-state index in [4.69, 9.17) is 16.3 Å². The zero-order chi connectivity index (χ0) is 19.5. The van der Waals surface area contributed by atoms with Crippen LogP contribution in [-0.2, 0) is 4.79 Å². The van der Waals surface area contributed by atoms with E-state index in [0.717, 1.165) is 53.8 Å². The highest BCUT2D eigenvalue weighted by molar-refractivity contribution is 8.16. The average molecular weight is 420 g/mol. The normalized spacial score (nSPS) is 18.0. The monoisotopic (exact) mass is 419 g/mol. The predicted molar refractivity (Wildman–Crippen MR) is 117 cm³/mol. The Bertz CT molecular complexity index is 824. The number of aliphatic imine (C=N–C) groups is 1. The van der Waals surface area contributed by atoms with Gasteiger partial charge >= 0.3 is 0 Å². The number of anilines is 1. The van der Waals surface area contributed by atoms with E-state index in [9.17, 15) is 4.79 Å². The maximum absolute atomic E-state index is 12.6. The van der Waals surface area contributed by atoms with Crippen LogP contribution in [0.5, 0.6) is 5.75 Å². The Hall–Kier alpha value is -1.66. The summed E-state index contributed by atoms with van der Waals surface area (Å²) in [6.07, 6.45) is 7.16. The van der Waals surface area contributed by atoms with Crippen LogP contribution in [0, 0.1) is 0 Å². The SMILES string of the molecule is CCCCCCCCN1C(=O)COc2c(C3=CSC4=NCCN34)cc(Cl)cc21. The molecule has 3 aliphatic rings. The maximum atomic E-state index is 12.6. The van der Waals surface area contributed by atoms with E-state index in [2.05, 4.69) is 22.2 Å². The third-order valence-corrected chi connectivity index (χ3v) is 6.47. The average Bonchev–Trinajstić information content (AvgIpc) is 3.29. The molecular formula is C21H26ClN3O2S. The largest absolute Gasteiger partial charge is 0.481 e. The Kier molecular flexibility index (Phi) is 6.16. The van der Waals surface area contributed by atoms with Gasteiger partial charge in [0.2, 0.25) is 0 Å². The number of fused-ring (bicyclic) bond motifs is 2. The molecule has 0 aromatic heterocycles. The van der Waals surface area contributed by atoms with E-state index in [-0.39, 0.29) is 12.5 Å². The highest BCUT2D eigenvalue weighted by atomic mass is 35.5. The van der Waals surface area contributed by atoms with Crippen molar-refractivity contribution in [1.29, 1.82) is 0 Å². The number of rotatable bonds is 8. The molecule has 0 fully saturated rings. The molecule has 0 spiro atoms. The summed E-state index contributed by atoms with van der Waals surface area (Å²) < 4.78 is 5.91. The van der Waals surface area contributed by atoms with Gasteiger partial charge < -0.3 is 14.5 Å². The number of carbonyl (C=O) groups is 1. The lowest BCUT2D eigenvalue weighted by Crippen LogP contribution is -2.40. The van der Waals surface area contributed by atoms with Gasteiger partial charge in [-0.2, -0.15) is 0 Å². The number of carbonyl (C=O) groups excluding carboxylic acids is 1. The summed E-state index contributed by atoms with van der Waals surface area (Å²) >= 11 is 8.09. The van der Waals surface area contributed by atoms with E-state index in [1.807, 2.05) is 17.0 Å². The topological polar surface area (TPSA) is 45.1 Å². The lowest BCUT2D eigenvalue weighted by Gasteiger charge is -2.32. The van der Waals surface area contributed by atoms with Crippen LogP contribution in [-0.4, -0.2) is 42.2 Å². The highest BCUT2D eigenvalue weighted by Gasteiger charge is 2.33. The number of benzene rings is 1. The number of unbranched alkanes of at least 4 members (excludes halogenated alkanes) is 5. The van der Waals surface area contributed by atoms with Crippen LogP contribution < -0.4 is 9.64 Å². The van der Waals surface area contributed by atoms with Gasteiger partial charge in [-0.05, 0) is 18.6 Å². The number of hydrogen-bond donors (Lipinski definition) is 0. The molecule has 1 aromatic carbocycles. The van der Waals surface area contributed by atoms with Gasteiger partial charge in [0.1, 0.15) is 0 Å². The van der Waals surface area contributed by atoms with Crippen molar-refractivity contribution in [1.82, 2.24) is 4.90 Å². The molecule has 1 aromatic rings. The van der Waals surface area contributed by atoms with Crippen molar-refractivity contribution in [3.63, 3.8) is 0 Å². The van der Waals surface area contributed by atoms with Gasteiger partial charge in [-0.15, -0.1) is 0 Å². The molecule has 0 saturated heterocycles. The molecule has 0 unspecified atom stereocenters. The molecule has 0 radical (unpaired) electrons. The standard InChI is InChI=1S/C21H26ClN3O2S/c1-2-3-4-5-6-7-9-24-17-12-15(22)11-16(20(17)27-13-19(24)26)18-14-28-21-23-8-10-25(18)21/h11-12,14H,2-10,13H2,1H3. The minimum absolute atomic E-state index is 0.00692. The van der Waals surface area contributed by atoms with Crippen LogP contribution >= 0.6 is 23.4 Å². The second kappa shape index (κ2) is 8.78. The first-order chi connectivity index (χ1) is 13.7. The van der Waals surface area contributed by atoms with Crippen molar-refractivity contribution in [3.05, 3.63) is 28.1 Å². The van der Waals surface area contributed by atoms with Gasteiger partial charge in [0, 0.05) is 29.1 Å². The predicted octanol–water partition coefficient (Wildman–Crippen LogP) is 5.14. The Balaban J connectivity index is 1.55. The molecule has 0 atom stereocenters. The highest BCUT2D eigenvalue weighted by Crippen LogP contribution is 2.45. The van der Waals surface area contributed by atoms with E-state index in [1.165, 1.54) is 25.7 Å². The summed E-state index contributed by atoms with van der Waals surface area (Å²) in [4.78, 5) is 21.1. The molecule has 28 heavy (non-hydrogen) atoms. The summed E-state index contributed by atoms with van der Waals surface area (Å²) in [5.74, 6) is 0.766. The first kappa shape index (κ1) is 19.6. The first-order valence-electron chi connectivity index (χ1n) is 10.1. The number of amidine groups is 1. The van der Waals surface area contributed by atoms with Crippen molar-refractivity contribution in [2.45, 2.75) is 45.4 Å². The Morgan fingerprint density at radius 1 is 1.21 bits per heavy atom. The minimum Gasteiger partial charge on any atom is -0.481 e. The van der Waals surface area contributed by atoms with Crippen LogP contribution in [0.1, 0.15) is 51.0 Å². The third kappa shape index (κ3) is 3.90. The van der Waals surface area contributed by atoms with Crippen LogP contribution in [0.3, 0.4) is 0 Å². The van der Waals surface area contributed by atoms with E-state index in [1.54, 1.807) is 11.8 Å². The number of ether oxygens (including phenoxy) is 1. The van der Waals surface area contributed by atoms with Gasteiger partial charge in [-0.1, -0.05) is 62.4 Å². The van der Waals surface area contributed by atoms with Gasteiger partial charge in [0.25, 0.3) is 5.91 Å². The van der Waals surface area contributed by atoms with Gasteiger partial charge in [-0.3, -0.25) is 9.79 Å². The fourth-order valence-electron chi connectivity index (χ4n) is 3.90. The lowest BCUT2D eigenvalue weighted by atomic mass is 10.1. The molecule has 1 amide bonds. The summed E-state index contributed by atoms with van der Waals surface area (Å²) in [5.41, 5.74) is 2.80. The van der Waals surface area contributed by atoms with Gasteiger partial charge in [0.15, 0.2) is 17.5 Å². The van der Waals surface area contributed by atoms with E-state index in [0.29, 0.717) is 11.6 Å². The second-order valence-corrected chi connectivity index (χ2v) is 8.61. The van der Waals surface area contributed by atoms with Crippen molar-refractivity contribution < 1.29 is 9.53 Å². The molecule has 0 aliphatic carbocycles. The summed E-state index contributed by atoms with van der Waals surface area (Å²) in [6, 6.07) is 3.79. The summed E-state index contributed by atoms with van der Waals surface area (Å²) in [5, 5.41) is 3.75. The molecule has 5 nitrogen and oxygen atoms in total. The molecule has 150 valence electrons. The number of hydrogen-bond acceptors (Lipinski definition) is 5. The molecule has 4 rings (SSSR count). The van der Waals surface area contributed by atoms with Crippen LogP contribution in [0.25, 0.3) is 5.70 Å². The van der Waals surface area contributed by atoms with Crippen molar-refractivity contribution in [2.24, 2.45) is 4.99 Å². The quantitative estimate of drug-likeness (QED) is 0.547. The summed E-state index contributed by atoms with van der Waals surface area (Å²) in [6.45, 7) is 4.70. The second-order valence-electron chi connectivity index (χ2n) is 7.34.